The molecule has 0 radical (unpaired) electrons. The molecule has 0 aliphatic carbocycles. The van der Waals surface area contributed by atoms with Crippen molar-refractivity contribution < 1.29 is 19.0 Å². The van der Waals surface area contributed by atoms with Gasteiger partial charge < -0.3 is 19.0 Å². The van der Waals surface area contributed by atoms with Gasteiger partial charge in [0, 0.05) is 13.5 Å². The molecule has 0 amide bonds. The minimum absolute atomic E-state index is 0.170. The Morgan fingerprint density at radius 3 is 2.67 bits per heavy atom. The van der Waals surface area contributed by atoms with Gasteiger partial charge in [0.2, 0.25) is 0 Å². The van der Waals surface area contributed by atoms with E-state index in [2.05, 4.69) is 0 Å². The molecule has 15 heavy (non-hydrogen) atoms. The normalized spacial score (nSPS) is 9.73. The maximum absolute atomic E-state index is 10.3. The predicted octanol–water partition coefficient (Wildman–Crippen LogP) is 1.42. The van der Waals surface area contributed by atoms with E-state index < -0.39 is 0 Å². The van der Waals surface area contributed by atoms with Gasteiger partial charge in [-0.2, -0.15) is 0 Å². The van der Waals surface area contributed by atoms with Crippen LogP contribution in [0.4, 0.5) is 0 Å². The molecule has 0 aromatic heterocycles. The number of benzene rings is 1. The first-order valence-corrected chi connectivity index (χ1v) is 4.54. The van der Waals surface area contributed by atoms with Crippen LogP contribution in [-0.2, 0) is 16.0 Å². The molecule has 4 heteroatoms. The zero-order valence-corrected chi connectivity index (χ0v) is 8.86. The first-order chi connectivity index (χ1) is 7.31. The average Bonchev–Trinajstić information content (AvgIpc) is 2.27. The molecule has 4 nitrogen and oxygen atoms in total. The second-order valence-corrected chi connectivity index (χ2v) is 2.91. The Bertz CT molecular complexity index is 322. The van der Waals surface area contributed by atoms with Gasteiger partial charge in [0.05, 0.1) is 7.11 Å². The molecule has 0 spiro atoms. The molecule has 0 aliphatic rings. The van der Waals surface area contributed by atoms with Crippen molar-refractivity contribution in [3.63, 3.8) is 0 Å². The number of aldehydes is 1. The highest BCUT2D eigenvalue weighted by molar-refractivity contribution is 5.56. The second-order valence-electron chi connectivity index (χ2n) is 2.91. The molecule has 0 heterocycles. The number of ether oxygens (including phenoxy) is 3. The Morgan fingerprint density at radius 1 is 1.27 bits per heavy atom. The Morgan fingerprint density at radius 2 is 2.07 bits per heavy atom. The van der Waals surface area contributed by atoms with Gasteiger partial charge in [-0.3, -0.25) is 0 Å². The number of carbonyl (C=O) groups is 1. The third-order valence-corrected chi connectivity index (χ3v) is 1.88. The smallest absolute Gasteiger partial charge is 0.188 e. The summed E-state index contributed by atoms with van der Waals surface area (Å²) in [7, 11) is 3.10. The fourth-order valence-corrected chi connectivity index (χ4v) is 1.18. The maximum atomic E-state index is 10.3. The Labute approximate surface area is 88.8 Å². The van der Waals surface area contributed by atoms with Crippen LogP contribution >= 0.6 is 0 Å². The first kappa shape index (κ1) is 11.5. The van der Waals surface area contributed by atoms with Crippen LogP contribution < -0.4 is 9.47 Å². The third-order valence-electron chi connectivity index (χ3n) is 1.88. The molecule has 0 unspecified atom stereocenters. The van der Waals surface area contributed by atoms with Gasteiger partial charge in [0.25, 0.3) is 0 Å². The fraction of sp³-hybridized carbons (Fsp3) is 0.364. The van der Waals surface area contributed by atoms with Gasteiger partial charge in [-0.25, -0.2) is 0 Å². The highest BCUT2D eigenvalue weighted by Crippen LogP contribution is 2.27. The molecule has 0 aliphatic heterocycles. The summed E-state index contributed by atoms with van der Waals surface area (Å²) in [4.78, 5) is 10.3. The molecular formula is C11H14O4. The first-order valence-electron chi connectivity index (χ1n) is 4.54. The Balaban J connectivity index is 2.82. The van der Waals surface area contributed by atoms with Crippen LogP contribution in [0.3, 0.4) is 0 Å². The quantitative estimate of drug-likeness (QED) is 0.526. The molecule has 1 aromatic carbocycles. The van der Waals surface area contributed by atoms with E-state index >= 15 is 0 Å². The van der Waals surface area contributed by atoms with Crippen molar-refractivity contribution in [3.05, 3.63) is 23.8 Å². The van der Waals surface area contributed by atoms with Crippen LogP contribution in [0.5, 0.6) is 11.5 Å². The molecule has 0 bridgehead atoms. The van der Waals surface area contributed by atoms with Crippen LogP contribution in [-0.4, -0.2) is 27.3 Å². The monoisotopic (exact) mass is 210 g/mol. The van der Waals surface area contributed by atoms with Gasteiger partial charge in [-0.1, -0.05) is 6.07 Å². The van der Waals surface area contributed by atoms with E-state index in [-0.39, 0.29) is 6.79 Å². The van der Waals surface area contributed by atoms with Crippen molar-refractivity contribution in [2.45, 2.75) is 6.42 Å². The van der Waals surface area contributed by atoms with E-state index in [1.165, 1.54) is 0 Å². The molecule has 0 fully saturated rings. The highest BCUT2D eigenvalue weighted by Gasteiger charge is 2.05. The number of hydrogen-bond donors (Lipinski definition) is 0. The summed E-state index contributed by atoms with van der Waals surface area (Å²) < 4.78 is 15.2. The number of hydrogen-bond acceptors (Lipinski definition) is 4. The standard InChI is InChI=1S/C11H14O4/c1-13-8-15-10-4-3-9(5-6-12)7-11(10)14-2/h3-4,6-7H,5,8H2,1-2H3. The minimum atomic E-state index is 0.170. The van der Waals surface area contributed by atoms with Gasteiger partial charge in [-0.05, 0) is 17.7 Å². The summed E-state index contributed by atoms with van der Waals surface area (Å²) in [5.41, 5.74) is 0.895. The largest absolute Gasteiger partial charge is 0.493 e. The Kier molecular flexibility index (Phi) is 4.63. The van der Waals surface area contributed by atoms with E-state index in [1.807, 2.05) is 6.07 Å². The third kappa shape index (κ3) is 3.25. The van der Waals surface area contributed by atoms with E-state index in [1.54, 1.807) is 26.4 Å². The summed E-state index contributed by atoms with van der Waals surface area (Å²) in [6.07, 6.45) is 1.23. The van der Waals surface area contributed by atoms with Crippen LogP contribution in [0, 0.1) is 0 Å². The van der Waals surface area contributed by atoms with E-state index in [9.17, 15) is 4.79 Å². The van der Waals surface area contributed by atoms with Crippen molar-refractivity contribution in [1.29, 1.82) is 0 Å². The zero-order valence-electron chi connectivity index (χ0n) is 8.86. The van der Waals surface area contributed by atoms with Gasteiger partial charge in [0.15, 0.2) is 18.3 Å². The molecule has 0 saturated carbocycles. The topological polar surface area (TPSA) is 44.8 Å². The summed E-state index contributed by atoms with van der Waals surface area (Å²) >= 11 is 0. The van der Waals surface area contributed by atoms with E-state index in [0.717, 1.165) is 11.8 Å². The number of carbonyl (C=O) groups excluding carboxylic acids is 1. The lowest BCUT2D eigenvalue weighted by Crippen LogP contribution is -2.01. The SMILES string of the molecule is COCOc1ccc(CC=O)cc1OC. The molecule has 1 rings (SSSR count). The molecule has 0 N–H and O–H groups in total. The van der Waals surface area contributed by atoms with Gasteiger partial charge >= 0.3 is 0 Å². The fourth-order valence-electron chi connectivity index (χ4n) is 1.18. The zero-order chi connectivity index (χ0) is 11.1. The van der Waals surface area contributed by atoms with Crippen LogP contribution in [0.1, 0.15) is 5.56 Å². The molecule has 0 saturated heterocycles. The lowest BCUT2D eigenvalue weighted by atomic mass is 10.1. The number of rotatable bonds is 6. The van der Waals surface area contributed by atoms with Crippen LogP contribution in [0.2, 0.25) is 0 Å². The molecular weight excluding hydrogens is 196 g/mol. The van der Waals surface area contributed by atoms with Gasteiger partial charge in [0.1, 0.15) is 6.29 Å². The van der Waals surface area contributed by atoms with Crippen LogP contribution in [0.15, 0.2) is 18.2 Å². The highest BCUT2D eigenvalue weighted by atomic mass is 16.7. The minimum Gasteiger partial charge on any atom is -0.493 e. The summed E-state index contributed by atoms with van der Waals surface area (Å²) in [6, 6.07) is 5.36. The van der Waals surface area contributed by atoms with Crippen LogP contribution in [0.25, 0.3) is 0 Å². The average molecular weight is 210 g/mol. The van der Waals surface area contributed by atoms with E-state index in [0.29, 0.717) is 17.9 Å². The van der Waals surface area contributed by atoms with Crippen molar-refractivity contribution in [2.75, 3.05) is 21.0 Å². The van der Waals surface area contributed by atoms with Gasteiger partial charge in [-0.15, -0.1) is 0 Å². The van der Waals surface area contributed by atoms with Crippen molar-refractivity contribution in [2.24, 2.45) is 0 Å². The van der Waals surface area contributed by atoms with Crippen molar-refractivity contribution >= 4 is 6.29 Å². The molecule has 0 atom stereocenters. The second kappa shape index (κ2) is 6.03. The summed E-state index contributed by atoms with van der Waals surface area (Å²) in [5.74, 6) is 1.21. The van der Waals surface area contributed by atoms with Crippen molar-refractivity contribution in [1.82, 2.24) is 0 Å². The van der Waals surface area contributed by atoms with Crippen molar-refractivity contribution in [3.8, 4) is 11.5 Å². The van der Waals surface area contributed by atoms with E-state index in [4.69, 9.17) is 14.2 Å². The Hall–Kier alpha value is -1.55. The summed E-state index contributed by atoms with van der Waals surface area (Å²) in [6.45, 7) is 0.170. The number of methoxy groups -OCH3 is 2. The maximum Gasteiger partial charge on any atom is 0.188 e. The molecule has 1 aromatic rings. The lowest BCUT2D eigenvalue weighted by molar-refractivity contribution is -0.107. The predicted molar refractivity (Wildman–Crippen MR) is 55.3 cm³/mol. The molecule has 82 valence electrons. The lowest BCUT2D eigenvalue weighted by Gasteiger charge is -2.10. The summed E-state index contributed by atoms with van der Waals surface area (Å²) in [5, 5.41) is 0.